The molecule has 2 aromatic rings. The van der Waals surface area contributed by atoms with Crippen LogP contribution in [0.5, 0.6) is 11.6 Å². The first kappa shape index (κ1) is 12.0. The normalized spacial score (nSPS) is 10.2. The van der Waals surface area contributed by atoms with Crippen molar-refractivity contribution < 1.29 is 4.74 Å². The molecule has 0 saturated carbocycles. The Balaban J connectivity index is 2.28. The van der Waals surface area contributed by atoms with Gasteiger partial charge in [0.05, 0.1) is 10.7 Å². The van der Waals surface area contributed by atoms with Crippen LogP contribution in [0.25, 0.3) is 0 Å². The third kappa shape index (κ3) is 2.81. The fourth-order valence-electron chi connectivity index (χ4n) is 1.19. The van der Waals surface area contributed by atoms with Crippen LogP contribution in [0.15, 0.2) is 34.8 Å². The molecule has 1 heterocycles. The first-order valence-electron chi connectivity index (χ1n) is 4.71. The summed E-state index contributed by atoms with van der Waals surface area (Å²) in [7, 11) is 0. The van der Waals surface area contributed by atoms with Crippen molar-refractivity contribution in [3.05, 3.63) is 39.8 Å². The summed E-state index contributed by atoms with van der Waals surface area (Å²) in [4.78, 5) is 3.99. The zero-order chi connectivity index (χ0) is 12.4. The topological polar surface area (TPSA) is 74.2 Å². The maximum Gasteiger partial charge on any atom is 0.221 e. The fourth-order valence-corrected chi connectivity index (χ4v) is 1.91. The minimum atomic E-state index is 0.232. The highest BCUT2D eigenvalue weighted by Crippen LogP contribution is 2.31. The van der Waals surface area contributed by atoms with Gasteiger partial charge < -0.3 is 16.2 Å². The first-order chi connectivity index (χ1) is 8.06. The van der Waals surface area contributed by atoms with Gasteiger partial charge in [0.15, 0.2) is 5.82 Å². The third-order valence-corrected chi connectivity index (χ3v) is 2.83. The number of nitrogens with two attached hydrogens (primary N) is 2. The van der Waals surface area contributed by atoms with E-state index in [9.17, 15) is 0 Å². The second-order valence-corrected chi connectivity index (χ2v) is 4.62. The fraction of sp³-hybridized carbons (Fsp3) is 0. The molecular weight excluding hydrogens is 305 g/mol. The van der Waals surface area contributed by atoms with Crippen LogP contribution >= 0.6 is 27.5 Å². The molecule has 0 unspecified atom stereocenters. The Bertz CT molecular complexity index is 562. The molecule has 1 aromatic carbocycles. The van der Waals surface area contributed by atoms with Crippen molar-refractivity contribution >= 4 is 39.0 Å². The molecule has 0 bridgehead atoms. The van der Waals surface area contributed by atoms with Crippen molar-refractivity contribution in [2.75, 3.05) is 11.5 Å². The standard InChI is InChI=1S/C11H9BrClN3O/c12-6-1-3-9(7(13)5-6)17-10-4-2-8(14)11(15)16-10/h1-5H,14H2,(H2,15,16). The number of ether oxygens (including phenoxy) is 1. The summed E-state index contributed by atoms with van der Waals surface area (Å²) in [6.07, 6.45) is 0. The van der Waals surface area contributed by atoms with E-state index in [1.165, 1.54) is 0 Å². The summed E-state index contributed by atoms with van der Waals surface area (Å²) in [5, 5.41) is 0.483. The lowest BCUT2D eigenvalue weighted by atomic mass is 10.3. The molecule has 1 aromatic heterocycles. The average Bonchev–Trinajstić information content (AvgIpc) is 2.27. The molecule has 6 heteroatoms. The van der Waals surface area contributed by atoms with Crippen molar-refractivity contribution in [3.63, 3.8) is 0 Å². The van der Waals surface area contributed by atoms with Crippen molar-refractivity contribution in [2.24, 2.45) is 0 Å². The SMILES string of the molecule is Nc1ccc(Oc2ccc(Br)cc2Cl)nc1N. The Kier molecular flexibility index (Phi) is 3.40. The summed E-state index contributed by atoms with van der Waals surface area (Å²) in [5.41, 5.74) is 11.6. The molecule has 88 valence electrons. The Morgan fingerprint density at radius 3 is 2.59 bits per heavy atom. The number of aromatic nitrogens is 1. The molecule has 0 aliphatic carbocycles. The highest BCUT2D eigenvalue weighted by Gasteiger charge is 2.06. The highest BCUT2D eigenvalue weighted by atomic mass is 79.9. The summed E-state index contributed by atoms with van der Waals surface area (Å²) >= 11 is 9.32. The largest absolute Gasteiger partial charge is 0.437 e. The van der Waals surface area contributed by atoms with E-state index in [4.69, 9.17) is 27.8 Å². The van der Waals surface area contributed by atoms with E-state index < -0.39 is 0 Å². The Morgan fingerprint density at radius 2 is 1.94 bits per heavy atom. The third-order valence-electron chi connectivity index (χ3n) is 2.04. The maximum absolute atomic E-state index is 6.01. The molecule has 4 nitrogen and oxygen atoms in total. The van der Waals surface area contributed by atoms with Crippen LogP contribution in [-0.2, 0) is 0 Å². The summed E-state index contributed by atoms with van der Waals surface area (Å²) in [6.45, 7) is 0. The second-order valence-electron chi connectivity index (χ2n) is 3.30. The second kappa shape index (κ2) is 4.81. The summed E-state index contributed by atoms with van der Waals surface area (Å²) < 4.78 is 6.38. The number of halogens is 2. The summed E-state index contributed by atoms with van der Waals surface area (Å²) in [6, 6.07) is 8.55. The molecule has 0 fully saturated rings. The average molecular weight is 315 g/mol. The van der Waals surface area contributed by atoms with E-state index in [-0.39, 0.29) is 5.82 Å². The number of hydrogen-bond donors (Lipinski definition) is 2. The Hall–Kier alpha value is -1.46. The number of benzene rings is 1. The number of pyridine rings is 1. The molecule has 0 radical (unpaired) electrons. The number of anilines is 2. The van der Waals surface area contributed by atoms with Crippen LogP contribution in [0.4, 0.5) is 11.5 Å². The maximum atomic E-state index is 6.01. The predicted octanol–water partition coefficient (Wildman–Crippen LogP) is 3.45. The van der Waals surface area contributed by atoms with Crippen molar-refractivity contribution in [2.45, 2.75) is 0 Å². The molecule has 0 aliphatic rings. The molecule has 0 amide bonds. The monoisotopic (exact) mass is 313 g/mol. The van der Waals surface area contributed by atoms with Crippen LogP contribution in [0.1, 0.15) is 0 Å². The summed E-state index contributed by atoms with van der Waals surface area (Å²) in [5.74, 6) is 1.09. The molecule has 0 saturated heterocycles. The Labute approximate surface area is 112 Å². The van der Waals surface area contributed by atoms with Gasteiger partial charge in [-0.3, -0.25) is 0 Å². The smallest absolute Gasteiger partial charge is 0.221 e. The van der Waals surface area contributed by atoms with E-state index in [1.807, 2.05) is 6.07 Å². The van der Waals surface area contributed by atoms with E-state index in [0.717, 1.165) is 4.47 Å². The van der Waals surface area contributed by atoms with Gasteiger partial charge in [0, 0.05) is 10.5 Å². The number of nitrogens with zero attached hydrogens (tertiary/aromatic N) is 1. The molecule has 0 atom stereocenters. The number of hydrogen-bond acceptors (Lipinski definition) is 4. The van der Waals surface area contributed by atoms with Gasteiger partial charge in [0.25, 0.3) is 0 Å². The van der Waals surface area contributed by atoms with Crippen LogP contribution in [0.3, 0.4) is 0 Å². The minimum absolute atomic E-state index is 0.232. The van der Waals surface area contributed by atoms with Gasteiger partial charge in [-0.1, -0.05) is 27.5 Å². The molecule has 0 spiro atoms. The van der Waals surface area contributed by atoms with Crippen LogP contribution in [0, 0.1) is 0 Å². The Morgan fingerprint density at radius 1 is 1.18 bits per heavy atom. The van der Waals surface area contributed by atoms with Gasteiger partial charge in [-0.25, -0.2) is 0 Å². The number of rotatable bonds is 2. The van der Waals surface area contributed by atoms with Gasteiger partial charge in [-0.2, -0.15) is 4.98 Å². The minimum Gasteiger partial charge on any atom is -0.437 e. The molecule has 2 rings (SSSR count). The van der Waals surface area contributed by atoms with Gasteiger partial charge in [-0.05, 0) is 24.3 Å². The predicted molar refractivity (Wildman–Crippen MR) is 72.3 cm³/mol. The molecular formula is C11H9BrClN3O. The lowest BCUT2D eigenvalue weighted by Crippen LogP contribution is -1.99. The van der Waals surface area contributed by atoms with Crippen molar-refractivity contribution in [3.8, 4) is 11.6 Å². The van der Waals surface area contributed by atoms with Gasteiger partial charge in [0.1, 0.15) is 5.75 Å². The van der Waals surface area contributed by atoms with Gasteiger partial charge >= 0.3 is 0 Å². The van der Waals surface area contributed by atoms with Crippen molar-refractivity contribution in [1.29, 1.82) is 0 Å². The number of nitrogen functional groups attached to an aromatic ring is 2. The molecule has 0 aliphatic heterocycles. The van der Waals surface area contributed by atoms with E-state index in [1.54, 1.807) is 24.3 Å². The van der Waals surface area contributed by atoms with Gasteiger partial charge in [-0.15, -0.1) is 0 Å². The highest BCUT2D eigenvalue weighted by molar-refractivity contribution is 9.10. The van der Waals surface area contributed by atoms with Crippen LogP contribution < -0.4 is 16.2 Å². The zero-order valence-electron chi connectivity index (χ0n) is 8.65. The quantitative estimate of drug-likeness (QED) is 0.890. The molecule has 17 heavy (non-hydrogen) atoms. The lowest BCUT2D eigenvalue weighted by Gasteiger charge is -2.08. The molecule has 4 N–H and O–H groups in total. The lowest BCUT2D eigenvalue weighted by molar-refractivity contribution is 0.464. The van der Waals surface area contributed by atoms with E-state index in [0.29, 0.717) is 22.3 Å². The van der Waals surface area contributed by atoms with Crippen LogP contribution in [-0.4, -0.2) is 4.98 Å². The van der Waals surface area contributed by atoms with E-state index in [2.05, 4.69) is 20.9 Å². The zero-order valence-corrected chi connectivity index (χ0v) is 11.0. The van der Waals surface area contributed by atoms with E-state index >= 15 is 0 Å². The van der Waals surface area contributed by atoms with Crippen molar-refractivity contribution in [1.82, 2.24) is 4.98 Å². The van der Waals surface area contributed by atoms with Crippen LogP contribution in [0.2, 0.25) is 5.02 Å². The van der Waals surface area contributed by atoms with Gasteiger partial charge in [0.2, 0.25) is 5.88 Å². The first-order valence-corrected chi connectivity index (χ1v) is 5.88.